The molecule has 1 fully saturated rings. The van der Waals surface area contributed by atoms with Gasteiger partial charge in [-0.25, -0.2) is 14.3 Å². The number of hydrogen-bond acceptors (Lipinski definition) is 7. The largest absolute Gasteiger partial charge is 0.444 e. The Morgan fingerprint density at radius 3 is 2.52 bits per heavy atom. The van der Waals surface area contributed by atoms with E-state index in [1.54, 1.807) is 4.90 Å². The zero-order chi connectivity index (χ0) is 27.9. The molecule has 1 saturated heterocycles. The van der Waals surface area contributed by atoms with E-state index in [-0.39, 0.29) is 6.09 Å². The minimum Gasteiger partial charge on any atom is -0.444 e. The molecule has 0 saturated carbocycles. The smallest absolute Gasteiger partial charge is 0.410 e. The molecule has 2 aromatic carbocycles. The van der Waals surface area contributed by atoms with Gasteiger partial charge < -0.3 is 15.4 Å². The highest BCUT2D eigenvalue weighted by Gasteiger charge is 2.27. The number of ether oxygens (including phenoxy) is 1. The molecule has 1 aliphatic rings. The molecule has 40 heavy (non-hydrogen) atoms. The second-order valence-corrected chi connectivity index (χ2v) is 11.3. The van der Waals surface area contributed by atoms with Crippen molar-refractivity contribution in [1.82, 2.24) is 34.2 Å². The Morgan fingerprint density at radius 1 is 1.00 bits per heavy atom. The van der Waals surface area contributed by atoms with Crippen LogP contribution in [0.1, 0.15) is 32.0 Å². The van der Waals surface area contributed by atoms with Crippen molar-refractivity contribution in [1.29, 1.82) is 0 Å². The van der Waals surface area contributed by atoms with Gasteiger partial charge in [0, 0.05) is 49.9 Å². The second kappa shape index (κ2) is 10.3. The fraction of sp³-hybridized carbons (Fsp3) is 0.333. The monoisotopic (exact) mass is 538 g/mol. The van der Waals surface area contributed by atoms with Gasteiger partial charge in [-0.15, -0.1) is 0 Å². The van der Waals surface area contributed by atoms with Crippen LogP contribution in [0.4, 0.5) is 10.6 Å². The van der Waals surface area contributed by atoms with Gasteiger partial charge in [-0.3, -0.25) is 9.58 Å². The van der Waals surface area contributed by atoms with Crippen molar-refractivity contribution in [3.05, 3.63) is 78.4 Å². The molecule has 206 valence electrons. The minimum atomic E-state index is -0.502. The summed E-state index contributed by atoms with van der Waals surface area (Å²) in [7, 11) is 0. The van der Waals surface area contributed by atoms with Crippen LogP contribution in [0.25, 0.3) is 27.5 Å². The average Bonchev–Trinajstić information content (AvgIpc) is 3.50. The molecule has 1 amide bonds. The van der Waals surface area contributed by atoms with Gasteiger partial charge in [0.1, 0.15) is 17.4 Å². The fourth-order valence-corrected chi connectivity index (χ4v) is 5.20. The summed E-state index contributed by atoms with van der Waals surface area (Å²) in [5.41, 5.74) is 11.8. The number of carbonyl (C=O) groups excluding carboxylic acids is 1. The molecule has 5 aromatic rings. The van der Waals surface area contributed by atoms with E-state index in [9.17, 15) is 4.79 Å². The van der Waals surface area contributed by atoms with Gasteiger partial charge in [0.05, 0.1) is 17.8 Å². The highest BCUT2D eigenvalue weighted by Crippen LogP contribution is 2.32. The highest BCUT2D eigenvalue weighted by atomic mass is 16.6. The van der Waals surface area contributed by atoms with E-state index in [0.717, 1.165) is 46.3 Å². The molecule has 1 aliphatic heterocycles. The summed E-state index contributed by atoms with van der Waals surface area (Å²) in [4.78, 5) is 20.9. The maximum Gasteiger partial charge on any atom is 0.410 e. The SMILES string of the molecule is CC(C)(C)OC(=O)N1CCN(Cc2cc(-c3ccc4cn(Cc5ccccc5)nc4c3)c3c(N)ncnn23)CC1. The zero-order valence-electron chi connectivity index (χ0n) is 23.1. The maximum absolute atomic E-state index is 12.5. The normalized spacial score (nSPS) is 14.7. The molecule has 3 aromatic heterocycles. The first-order chi connectivity index (χ1) is 19.2. The zero-order valence-corrected chi connectivity index (χ0v) is 23.1. The molecule has 0 bridgehead atoms. The first-order valence-electron chi connectivity index (χ1n) is 13.6. The number of aromatic nitrogens is 5. The predicted octanol–water partition coefficient (Wildman–Crippen LogP) is 4.43. The van der Waals surface area contributed by atoms with E-state index in [0.29, 0.717) is 32.0 Å². The lowest BCUT2D eigenvalue weighted by Crippen LogP contribution is -2.49. The van der Waals surface area contributed by atoms with Crippen LogP contribution in [0.15, 0.2) is 67.1 Å². The van der Waals surface area contributed by atoms with Gasteiger partial charge in [0.2, 0.25) is 0 Å². The number of piperazine rings is 1. The Hall–Kier alpha value is -4.44. The van der Waals surface area contributed by atoms with Crippen molar-refractivity contribution in [2.24, 2.45) is 0 Å². The van der Waals surface area contributed by atoms with Crippen molar-refractivity contribution >= 4 is 28.3 Å². The number of carbonyl (C=O) groups is 1. The van der Waals surface area contributed by atoms with Crippen LogP contribution in [0.3, 0.4) is 0 Å². The molecule has 2 N–H and O–H groups in total. The van der Waals surface area contributed by atoms with E-state index < -0.39 is 5.60 Å². The lowest BCUT2D eigenvalue weighted by atomic mass is 10.1. The fourth-order valence-electron chi connectivity index (χ4n) is 5.20. The third-order valence-corrected chi connectivity index (χ3v) is 7.12. The summed E-state index contributed by atoms with van der Waals surface area (Å²) in [6.07, 6.45) is 3.30. The number of rotatable bonds is 5. The number of benzene rings is 2. The number of amides is 1. The average molecular weight is 539 g/mol. The van der Waals surface area contributed by atoms with Crippen molar-refractivity contribution < 1.29 is 9.53 Å². The van der Waals surface area contributed by atoms with Crippen molar-refractivity contribution in [2.45, 2.75) is 39.5 Å². The summed E-state index contributed by atoms with van der Waals surface area (Å²) in [5.74, 6) is 0.431. The quantitative estimate of drug-likeness (QED) is 0.353. The Labute approximate surface area is 233 Å². The van der Waals surface area contributed by atoms with Gasteiger partial charge in [-0.2, -0.15) is 10.2 Å². The van der Waals surface area contributed by atoms with Crippen LogP contribution in [0.2, 0.25) is 0 Å². The first kappa shape index (κ1) is 25.8. The first-order valence-corrected chi connectivity index (χ1v) is 13.6. The molecule has 0 spiro atoms. The van der Waals surface area contributed by atoms with Gasteiger partial charge in [-0.05, 0) is 44.0 Å². The van der Waals surface area contributed by atoms with Gasteiger partial charge in [0.25, 0.3) is 0 Å². The topological polar surface area (TPSA) is 107 Å². The molecule has 10 nitrogen and oxygen atoms in total. The molecule has 10 heteroatoms. The number of hydrogen-bond donors (Lipinski definition) is 1. The number of nitrogens with zero attached hydrogens (tertiary/aromatic N) is 7. The van der Waals surface area contributed by atoms with Gasteiger partial charge in [0.15, 0.2) is 5.82 Å². The lowest BCUT2D eigenvalue weighted by Gasteiger charge is -2.35. The Kier molecular flexibility index (Phi) is 6.63. The predicted molar refractivity (Wildman–Crippen MR) is 155 cm³/mol. The lowest BCUT2D eigenvalue weighted by molar-refractivity contribution is 0.0138. The molecule has 4 heterocycles. The Bertz CT molecular complexity index is 1660. The highest BCUT2D eigenvalue weighted by molar-refractivity contribution is 5.92. The van der Waals surface area contributed by atoms with Crippen molar-refractivity contribution in [3.8, 4) is 11.1 Å². The number of anilines is 1. The summed E-state index contributed by atoms with van der Waals surface area (Å²) in [6.45, 7) is 9.77. The van der Waals surface area contributed by atoms with Crippen LogP contribution in [0, 0.1) is 0 Å². The van der Waals surface area contributed by atoms with Crippen LogP contribution in [-0.2, 0) is 17.8 Å². The summed E-state index contributed by atoms with van der Waals surface area (Å²) in [6, 6.07) is 18.7. The third kappa shape index (κ3) is 5.35. The molecule has 0 radical (unpaired) electrons. The van der Waals surface area contributed by atoms with Crippen LogP contribution in [0.5, 0.6) is 0 Å². The van der Waals surface area contributed by atoms with Gasteiger partial charge >= 0.3 is 6.09 Å². The number of nitrogens with two attached hydrogens (primary N) is 1. The molecule has 6 rings (SSSR count). The molecule has 0 aliphatic carbocycles. The summed E-state index contributed by atoms with van der Waals surface area (Å²) in [5, 5.41) is 10.5. The maximum atomic E-state index is 12.5. The summed E-state index contributed by atoms with van der Waals surface area (Å²) >= 11 is 0. The second-order valence-electron chi connectivity index (χ2n) is 11.3. The van der Waals surface area contributed by atoms with Gasteiger partial charge in [-0.1, -0.05) is 42.5 Å². The Balaban J connectivity index is 1.24. The molecular formula is C30H34N8O2. The van der Waals surface area contributed by atoms with Crippen molar-refractivity contribution in [2.75, 3.05) is 31.9 Å². The number of fused-ring (bicyclic) bond motifs is 2. The van der Waals surface area contributed by atoms with E-state index in [1.807, 2.05) is 48.2 Å². The third-order valence-electron chi connectivity index (χ3n) is 7.12. The van der Waals surface area contributed by atoms with E-state index in [1.165, 1.54) is 11.9 Å². The minimum absolute atomic E-state index is 0.260. The molecular weight excluding hydrogens is 504 g/mol. The van der Waals surface area contributed by atoms with Crippen molar-refractivity contribution in [3.63, 3.8) is 0 Å². The van der Waals surface area contributed by atoms with Crippen LogP contribution >= 0.6 is 0 Å². The molecule has 0 unspecified atom stereocenters. The van der Waals surface area contributed by atoms with Crippen LogP contribution in [-0.4, -0.2) is 72.1 Å². The van der Waals surface area contributed by atoms with E-state index in [4.69, 9.17) is 15.6 Å². The molecule has 0 atom stereocenters. The van der Waals surface area contributed by atoms with E-state index >= 15 is 0 Å². The number of nitrogen functional groups attached to an aromatic ring is 1. The standard InChI is InChI=1S/C30H34N8O2/c1-30(2,3)40-29(39)36-13-11-35(12-14-36)19-24-16-25(27-28(31)32-20-33-38(24)27)22-9-10-23-18-37(34-26(23)15-22)17-21-7-5-4-6-8-21/h4-10,15-16,18,20H,11-14,17,19H2,1-3H3,(H2,31,32,33). The van der Waals surface area contributed by atoms with E-state index in [2.05, 4.69) is 57.6 Å². The Morgan fingerprint density at radius 2 is 1.77 bits per heavy atom. The summed E-state index contributed by atoms with van der Waals surface area (Å²) < 4.78 is 9.40. The van der Waals surface area contributed by atoms with Crippen LogP contribution < -0.4 is 5.73 Å².